The van der Waals surface area contributed by atoms with Crippen LogP contribution < -0.4 is 5.73 Å². The molecule has 0 saturated carbocycles. The SMILES string of the molecule is CN(Cc1ncc[nH]1)C(=O)C(N)Cc1ccccc1. The number of rotatable bonds is 5. The van der Waals surface area contributed by atoms with Gasteiger partial charge in [0, 0.05) is 19.4 Å². The molecule has 0 fully saturated rings. The predicted molar refractivity (Wildman–Crippen MR) is 73.2 cm³/mol. The first-order valence-electron chi connectivity index (χ1n) is 6.19. The number of amides is 1. The number of carbonyl (C=O) groups excluding carboxylic acids is 1. The molecule has 1 unspecified atom stereocenters. The van der Waals surface area contributed by atoms with Crippen molar-refractivity contribution in [2.75, 3.05) is 7.05 Å². The molecular weight excluding hydrogens is 240 g/mol. The molecule has 0 aliphatic heterocycles. The summed E-state index contributed by atoms with van der Waals surface area (Å²) in [6, 6.07) is 9.25. The lowest BCUT2D eigenvalue weighted by atomic mass is 10.1. The summed E-state index contributed by atoms with van der Waals surface area (Å²) in [6.45, 7) is 0.439. The van der Waals surface area contributed by atoms with Gasteiger partial charge in [-0.05, 0) is 12.0 Å². The fourth-order valence-electron chi connectivity index (χ4n) is 1.93. The fraction of sp³-hybridized carbons (Fsp3) is 0.286. The van der Waals surface area contributed by atoms with Crippen molar-refractivity contribution >= 4 is 5.91 Å². The third-order valence-corrected chi connectivity index (χ3v) is 2.93. The van der Waals surface area contributed by atoms with Crippen LogP contribution in [-0.2, 0) is 17.8 Å². The molecule has 0 bridgehead atoms. The minimum atomic E-state index is -0.526. The molecule has 0 aliphatic rings. The standard InChI is InChI=1S/C14H18N4O/c1-18(10-13-16-7-8-17-13)14(19)12(15)9-11-5-3-2-4-6-11/h2-8,12H,9-10,15H2,1H3,(H,16,17). The number of hydrogen-bond donors (Lipinski definition) is 2. The van der Waals surface area contributed by atoms with Gasteiger partial charge < -0.3 is 15.6 Å². The van der Waals surface area contributed by atoms with Gasteiger partial charge in [-0.2, -0.15) is 0 Å². The molecule has 2 rings (SSSR count). The van der Waals surface area contributed by atoms with Gasteiger partial charge in [0.05, 0.1) is 12.6 Å². The van der Waals surface area contributed by atoms with E-state index in [2.05, 4.69) is 9.97 Å². The van der Waals surface area contributed by atoms with Crippen molar-refractivity contribution in [2.24, 2.45) is 5.73 Å². The minimum absolute atomic E-state index is 0.0831. The number of carbonyl (C=O) groups is 1. The smallest absolute Gasteiger partial charge is 0.239 e. The van der Waals surface area contributed by atoms with Gasteiger partial charge >= 0.3 is 0 Å². The molecule has 100 valence electrons. The number of likely N-dealkylation sites (N-methyl/N-ethyl adjacent to an activating group) is 1. The molecule has 1 aromatic carbocycles. The first-order chi connectivity index (χ1) is 9.16. The lowest BCUT2D eigenvalue weighted by Crippen LogP contribution is -2.42. The maximum atomic E-state index is 12.1. The first kappa shape index (κ1) is 13.3. The monoisotopic (exact) mass is 258 g/mol. The molecule has 0 spiro atoms. The van der Waals surface area contributed by atoms with E-state index in [9.17, 15) is 4.79 Å². The highest BCUT2D eigenvalue weighted by atomic mass is 16.2. The van der Waals surface area contributed by atoms with E-state index in [1.807, 2.05) is 30.3 Å². The molecule has 1 amide bonds. The zero-order valence-corrected chi connectivity index (χ0v) is 10.9. The molecule has 0 saturated heterocycles. The Morgan fingerprint density at radius 3 is 2.79 bits per heavy atom. The molecule has 0 radical (unpaired) electrons. The fourth-order valence-corrected chi connectivity index (χ4v) is 1.93. The Kier molecular flexibility index (Phi) is 4.30. The number of nitrogens with two attached hydrogens (primary N) is 1. The second kappa shape index (κ2) is 6.15. The van der Waals surface area contributed by atoms with E-state index in [4.69, 9.17) is 5.73 Å². The summed E-state index contributed by atoms with van der Waals surface area (Å²) in [6.07, 6.45) is 3.94. The van der Waals surface area contributed by atoms with Gasteiger partial charge in [-0.1, -0.05) is 30.3 Å². The maximum absolute atomic E-state index is 12.1. The molecule has 2 aromatic rings. The lowest BCUT2D eigenvalue weighted by molar-refractivity contribution is -0.131. The van der Waals surface area contributed by atoms with E-state index in [1.165, 1.54) is 0 Å². The molecule has 0 aliphatic carbocycles. The quantitative estimate of drug-likeness (QED) is 0.838. The Morgan fingerprint density at radius 1 is 1.42 bits per heavy atom. The van der Waals surface area contributed by atoms with E-state index >= 15 is 0 Å². The number of nitrogens with one attached hydrogen (secondary N) is 1. The van der Waals surface area contributed by atoms with Crippen LogP contribution in [0.4, 0.5) is 0 Å². The summed E-state index contributed by atoms with van der Waals surface area (Å²) in [4.78, 5) is 20.8. The van der Waals surface area contributed by atoms with Crippen molar-refractivity contribution in [3.05, 3.63) is 54.1 Å². The largest absolute Gasteiger partial charge is 0.347 e. The molecule has 1 heterocycles. The Labute approximate surface area is 112 Å². The highest BCUT2D eigenvalue weighted by Crippen LogP contribution is 2.05. The minimum Gasteiger partial charge on any atom is -0.347 e. The summed E-state index contributed by atoms with van der Waals surface area (Å²) in [7, 11) is 1.73. The van der Waals surface area contributed by atoms with Gasteiger partial charge in [0.2, 0.25) is 5.91 Å². The van der Waals surface area contributed by atoms with Crippen molar-refractivity contribution in [3.8, 4) is 0 Å². The summed E-state index contributed by atoms with van der Waals surface area (Å²) >= 11 is 0. The first-order valence-corrected chi connectivity index (χ1v) is 6.19. The van der Waals surface area contributed by atoms with Gasteiger partial charge in [-0.15, -0.1) is 0 Å². The molecule has 5 heteroatoms. The highest BCUT2D eigenvalue weighted by Gasteiger charge is 2.18. The normalized spacial score (nSPS) is 12.1. The summed E-state index contributed by atoms with van der Waals surface area (Å²) < 4.78 is 0. The summed E-state index contributed by atoms with van der Waals surface area (Å²) in [5, 5.41) is 0. The number of imidazole rings is 1. The van der Waals surface area contributed by atoms with Crippen molar-refractivity contribution in [1.82, 2.24) is 14.9 Å². The van der Waals surface area contributed by atoms with Crippen molar-refractivity contribution in [1.29, 1.82) is 0 Å². The van der Waals surface area contributed by atoms with Crippen LogP contribution in [0.2, 0.25) is 0 Å². The summed E-state index contributed by atoms with van der Waals surface area (Å²) in [5.74, 6) is 0.669. The Morgan fingerprint density at radius 2 is 2.16 bits per heavy atom. The van der Waals surface area contributed by atoms with Crippen LogP contribution in [0.1, 0.15) is 11.4 Å². The molecule has 1 atom stereocenters. The number of hydrogen-bond acceptors (Lipinski definition) is 3. The third-order valence-electron chi connectivity index (χ3n) is 2.93. The third kappa shape index (κ3) is 3.66. The Bertz CT molecular complexity index is 510. The van der Waals surface area contributed by atoms with Gasteiger partial charge in [-0.3, -0.25) is 4.79 Å². The maximum Gasteiger partial charge on any atom is 0.239 e. The van der Waals surface area contributed by atoms with Crippen molar-refractivity contribution < 1.29 is 4.79 Å². The van der Waals surface area contributed by atoms with Gasteiger partial charge in [0.1, 0.15) is 5.82 Å². The molecule has 3 N–H and O–H groups in total. The highest BCUT2D eigenvalue weighted by molar-refractivity contribution is 5.81. The molecule has 1 aromatic heterocycles. The van der Waals surface area contributed by atoms with Crippen molar-refractivity contribution in [3.63, 3.8) is 0 Å². The number of H-pyrrole nitrogens is 1. The van der Waals surface area contributed by atoms with E-state index in [0.717, 1.165) is 11.4 Å². The summed E-state index contributed by atoms with van der Waals surface area (Å²) in [5.41, 5.74) is 7.02. The van der Waals surface area contributed by atoms with Crippen LogP contribution in [0.3, 0.4) is 0 Å². The predicted octanol–water partition coefficient (Wildman–Crippen LogP) is 0.938. The van der Waals surface area contributed by atoms with E-state index in [1.54, 1.807) is 24.3 Å². The average Bonchev–Trinajstić information content (AvgIpc) is 2.91. The zero-order chi connectivity index (χ0) is 13.7. The molecular formula is C14H18N4O. The van der Waals surface area contributed by atoms with Crippen LogP contribution in [0.25, 0.3) is 0 Å². The van der Waals surface area contributed by atoms with Gasteiger partial charge in [-0.25, -0.2) is 4.98 Å². The van der Waals surface area contributed by atoms with Crippen LogP contribution in [0, 0.1) is 0 Å². The second-order valence-electron chi connectivity index (χ2n) is 4.53. The zero-order valence-electron chi connectivity index (χ0n) is 10.9. The van der Waals surface area contributed by atoms with Gasteiger partial charge in [0.25, 0.3) is 0 Å². The average molecular weight is 258 g/mol. The lowest BCUT2D eigenvalue weighted by Gasteiger charge is -2.20. The number of aromatic amines is 1. The number of nitrogens with zero attached hydrogens (tertiary/aromatic N) is 2. The second-order valence-corrected chi connectivity index (χ2v) is 4.53. The van der Waals surface area contributed by atoms with E-state index < -0.39 is 6.04 Å². The van der Waals surface area contributed by atoms with Crippen LogP contribution >= 0.6 is 0 Å². The number of aromatic nitrogens is 2. The Hall–Kier alpha value is -2.14. The number of benzene rings is 1. The molecule has 5 nitrogen and oxygen atoms in total. The van der Waals surface area contributed by atoms with Crippen LogP contribution in [0.5, 0.6) is 0 Å². The van der Waals surface area contributed by atoms with Gasteiger partial charge in [0.15, 0.2) is 0 Å². The van der Waals surface area contributed by atoms with Crippen LogP contribution in [-0.4, -0.2) is 33.9 Å². The van der Waals surface area contributed by atoms with E-state index in [-0.39, 0.29) is 5.91 Å². The van der Waals surface area contributed by atoms with Crippen molar-refractivity contribution in [2.45, 2.75) is 19.0 Å². The Balaban J connectivity index is 1.91. The van der Waals surface area contributed by atoms with Crippen LogP contribution in [0.15, 0.2) is 42.7 Å². The molecule has 19 heavy (non-hydrogen) atoms. The topological polar surface area (TPSA) is 75.0 Å². The van der Waals surface area contributed by atoms with E-state index in [0.29, 0.717) is 13.0 Å².